The molecule has 1 aliphatic heterocycles. The number of nitrogens with one attached hydrogen (secondary N) is 1. The second kappa shape index (κ2) is 7.38. The van der Waals surface area contributed by atoms with Crippen molar-refractivity contribution in [3.8, 4) is 11.3 Å². The van der Waals surface area contributed by atoms with Gasteiger partial charge >= 0.3 is 0 Å². The molecule has 0 saturated carbocycles. The number of rotatable bonds is 4. The van der Waals surface area contributed by atoms with Crippen molar-refractivity contribution in [2.75, 3.05) is 32.4 Å². The Bertz CT molecular complexity index is 901. The Morgan fingerprint density at radius 2 is 1.81 bits per heavy atom. The van der Waals surface area contributed by atoms with E-state index < -0.39 is 10.0 Å². The van der Waals surface area contributed by atoms with E-state index in [4.69, 9.17) is 11.6 Å². The standard InChI is InChI=1S/C17H21ClN4O3S/c1-12-15(17(20-19-12)13-3-5-14(18)6-4-13)11-16(23)21-7-9-22(10-8-21)26(2,24)25/h3-6H,7-11H2,1-2H3,(H,19,20). The van der Waals surface area contributed by atoms with Gasteiger partial charge in [-0.25, -0.2) is 8.42 Å². The number of piperazine rings is 1. The van der Waals surface area contributed by atoms with Gasteiger partial charge in [-0.1, -0.05) is 23.7 Å². The Kier molecular flexibility index (Phi) is 5.36. The summed E-state index contributed by atoms with van der Waals surface area (Å²) >= 11 is 5.94. The zero-order valence-corrected chi connectivity index (χ0v) is 16.3. The Morgan fingerprint density at radius 3 is 2.38 bits per heavy atom. The van der Waals surface area contributed by atoms with Crippen LogP contribution in [0.5, 0.6) is 0 Å². The molecule has 2 heterocycles. The Morgan fingerprint density at radius 1 is 1.19 bits per heavy atom. The molecule has 7 nitrogen and oxygen atoms in total. The first kappa shape index (κ1) is 18.9. The van der Waals surface area contributed by atoms with Crippen molar-refractivity contribution >= 4 is 27.5 Å². The van der Waals surface area contributed by atoms with Gasteiger partial charge in [0.15, 0.2) is 0 Å². The normalized spacial score (nSPS) is 16.0. The van der Waals surface area contributed by atoms with Gasteiger partial charge in [0.2, 0.25) is 15.9 Å². The van der Waals surface area contributed by atoms with Crippen molar-refractivity contribution in [1.29, 1.82) is 0 Å². The van der Waals surface area contributed by atoms with Crippen molar-refractivity contribution < 1.29 is 13.2 Å². The molecular weight excluding hydrogens is 376 g/mol. The van der Waals surface area contributed by atoms with Crippen LogP contribution in [-0.2, 0) is 21.2 Å². The van der Waals surface area contributed by atoms with Gasteiger partial charge in [-0.05, 0) is 19.1 Å². The molecule has 1 amide bonds. The molecule has 1 N–H and O–H groups in total. The number of halogens is 1. The van der Waals surface area contributed by atoms with Crippen LogP contribution in [0.4, 0.5) is 0 Å². The molecule has 0 atom stereocenters. The molecule has 9 heteroatoms. The molecule has 2 aromatic rings. The number of aromatic nitrogens is 2. The summed E-state index contributed by atoms with van der Waals surface area (Å²) in [6, 6.07) is 7.32. The molecule has 0 spiro atoms. The third kappa shape index (κ3) is 4.08. The summed E-state index contributed by atoms with van der Waals surface area (Å²) in [7, 11) is -3.21. The number of nitrogens with zero attached hydrogens (tertiary/aromatic N) is 3. The predicted octanol–water partition coefficient (Wildman–Crippen LogP) is 1.68. The van der Waals surface area contributed by atoms with Crippen LogP contribution in [0.3, 0.4) is 0 Å². The lowest BCUT2D eigenvalue weighted by Crippen LogP contribution is -2.50. The van der Waals surface area contributed by atoms with Gasteiger partial charge < -0.3 is 4.90 Å². The lowest BCUT2D eigenvalue weighted by Gasteiger charge is -2.33. The number of amides is 1. The average Bonchev–Trinajstić information content (AvgIpc) is 2.96. The number of hydrogen-bond donors (Lipinski definition) is 1. The van der Waals surface area contributed by atoms with Gasteiger partial charge in [-0.3, -0.25) is 9.89 Å². The Labute approximate surface area is 158 Å². The zero-order chi connectivity index (χ0) is 18.9. The smallest absolute Gasteiger partial charge is 0.227 e. The fourth-order valence-electron chi connectivity index (χ4n) is 3.05. The largest absolute Gasteiger partial charge is 0.340 e. The topological polar surface area (TPSA) is 86.4 Å². The third-order valence-corrected chi connectivity index (χ3v) is 6.14. The lowest BCUT2D eigenvalue weighted by atomic mass is 10.0. The zero-order valence-electron chi connectivity index (χ0n) is 14.7. The molecule has 0 bridgehead atoms. The molecule has 1 saturated heterocycles. The molecule has 1 aliphatic rings. The molecule has 0 radical (unpaired) electrons. The van der Waals surface area contributed by atoms with Crippen LogP contribution in [0.1, 0.15) is 11.3 Å². The average molecular weight is 397 g/mol. The minimum Gasteiger partial charge on any atom is -0.340 e. The monoisotopic (exact) mass is 396 g/mol. The maximum absolute atomic E-state index is 12.7. The van der Waals surface area contributed by atoms with Gasteiger partial charge in [-0.2, -0.15) is 9.40 Å². The first-order valence-electron chi connectivity index (χ1n) is 8.28. The van der Waals surface area contributed by atoms with Crippen LogP contribution >= 0.6 is 11.6 Å². The summed E-state index contributed by atoms with van der Waals surface area (Å²) in [5.41, 5.74) is 3.33. The number of carbonyl (C=O) groups is 1. The van der Waals surface area contributed by atoms with Gasteiger partial charge in [-0.15, -0.1) is 0 Å². The summed E-state index contributed by atoms with van der Waals surface area (Å²) in [6.45, 7) is 3.35. The van der Waals surface area contributed by atoms with Crippen LogP contribution in [0.15, 0.2) is 24.3 Å². The minimum atomic E-state index is -3.21. The molecule has 0 unspecified atom stereocenters. The van der Waals surface area contributed by atoms with Gasteiger partial charge in [0.05, 0.1) is 18.4 Å². The van der Waals surface area contributed by atoms with Crippen LogP contribution < -0.4 is 0 Å². The highest BCUT2D eigenvalue weighted by Crippen LogP contribution is 2.26. The molecule has 0 aliphatic carbocycles. The molecular formula is C17H21ClN4O3S. The molecule has 1 fully saturated rings. The summed E-state index contributed by atoms with van der Waals surface area (Å²) in [4.78, 5) is 14.4. The molecule has 1 aromatic heterocycles. The fraction of sp³-hybridized carbons (Fsp3) is 0.412. The van der Waals surface area contributed by atoms with E-state index in [-0.39, 0.29) is 12.3 Å². The molecule has 140 valence electrons. The number of H-pyrrole nitrogens is 1. The summed E-state index contributed by atoms with van der Waals surface area (Å²) in [5.74, 6) is -0.0298. The highest BCUT2D eigenvalue weighted by Gasteiger charge is 2.27. The first-order valence-corrected chi connectivity index (χ1v) is 10.5. The van der Waals surface area contributed by atoms with Crippen LogP contribution in [-0.4, -0.2) is 66.2 Å². The number of aryl methyl sites for hydroxylation is 1. The fourth-order valence-corrected chi connectivity index (χ4v) is 4.00. The lowest BCUT2D eigenvalue weighted by molar-refractivity contribution is -0.131. The number of aromatic amines is 1. The summed E-state index contributed by atoms with van der Waals surface area (Å²) < 4.78 is 24.6. The van der Waals surface area contributed by atoms with Crippen molar-refractivity contribution in [3.63, 3.8) is 0 Å². The van der Waals surface area contributed by atoms with Crippen LogP contribution in [0, 0.1) is 6.92 Å². The van der Waals surface area contributed by atoms with Crippen molar-refractivity contribution in [3.05, 3.63) is 40.5 Å². The highest BCUT2D eigenvalue weighted by atomic mass is 35.5. The van der Waals surface area contributed by atoms with E-state index in [0.29, 0.717) is 31.2 Å². The van der Waals surface area contributed by atoms with Crippen LogP contribution in [0.25, 0.3) is 11.3 Å². The van der Waals surface area contributed by atoms with E-state index in [2.05, 4.69) is 10.2 Å². The quantitative estimate of drug-likeness (QED) is 0.851. The number of benzene rings is 1. The maximum Gasteiger partial charge on any atom is 0.227 e. The molecule has 26 heavy (non-hydrogen) atoms. The minimum absolute atomic E-state index is 0.0298. The van der Waals surface area contributed by atoms with E-state index >= 15 is 0 Å². The SMILES string of the molecule is Cc1[nH]nc(-c2ccc(Cl)cc2)c1CC(=O)N1CCN(S(C)(=O)=O)CC1. The second-order valence-corrected chi connectivity index (χ2v) is 8.82. The van der Waals surface area contributed by atoms with E-state index in [1.54, 1.807) is 17.0 Å². The maximum atomic E-state index is 12.7. The van der Waals surface area contributed by atoms with E-state index in [0.717, 1.165) is 22.5 Å². The van der Waals surface area contributed by atoms with Crippen molar-refractivity contribution in [2.45, 2.75) is 13.3 Å². The Hall–Kier alpha value is -1.90. The number of hydrogen-bond acceptors (Lipinski definition) is 4. The van der Waals surface area contributed by atoms with E-state index in [9.17, 15) is 13.2 Å². The van der Waals surface area contributed by atoms with E-state index in [1.807, 2.05) is 19.1 Å². The number of carbonyl (C=O) groups excluding carboxylic acids is 1. The molecule has 1 aromatic carbocycles. The molecule has 3 rings (SSSR count). The highest BCUT2D eigenvalue weighted by molar-refractivity contribution is 7.88. The Balaban J connectivity index is 1.73. The first-order chi connectivity index (χ1) is 12.3. The predicted molar refractivity (Wildman–Crippen MR) is 100 cm³/mol. The van der Waals surface area contributed by atoms with Gasteiger partial charge in [0.25, 0.3) is 0 Å². The summed E-state index contributed by atoms with van der Waals surface area (Å²) in [5, 5.41) is 7.92. The summed E-state index contributed by atoms with van der Waals surface area (Å²) in [6.07, 6.45) is 1.41. The van der Waals surface area contributed by atoms with Gasteiger partial charge in [0, 0.05) is 48.0 Å². The van der Waals surface area contributed by atoms with Crippen molar-refractivity contribution in [1.82, 2.24) is 19.4 Å². The van der Waals surface area contributed by atoms with Gasteiger partial charge in [0.1, 0.15) is 0 Å². The van der Waals surface area contributed by atoms with Crippen molar-refractivity contribution in [2.24, 2.45) is 0 Å². The van der Waals surface area contributed by atoms with E-state index in [1.165, 1.54) is 10.6 Å². The second-order valence-electron chi connectivity index (χ2n) is 6.40. The third-order valence-electron chi connectivity index (χ3n) is 4.58. The van der Waals surface area contributed by atoms with Crippen LogP contribution in [0.2, 0.25) is 5.02 Å². The number of sulfonamides is 1.